The fraction of sp³-hybridized carbons (Fsp3) is 0.480. The third-order valence-corrected chi connectivity index (χ3v) is 6.28. The number of aryl methyl sites for hydroxylation is 1. The Hall–Kier alpha value is -3.38. The van der Waals surface area contributed by atoms with Crippen LogP contribution in [0.15, 0.2) is 42.6 Å². The molecule has 1 aliphatic rings. The summed E-state index contributed by atoms with van der Waals surface area (Å²) in [6, 6.07) is 9.77. The molecule has 1 aromatic carbocycles. The van der Waals surface area contributed by atoms with E-state index in [-0.39, 0.29) is 19.5 Å². The summed E-state index contributed by atoms with van der Waals surface area (Å²) in [7, 11) is 0. The topological polar surface area (TPSA) is 115 Å². The number of amides is 2. The van der Waals surface area contributed by atoms with E-state index in [1.54, 1.807) is 4.90 Å². The molecule has 12 heteroatoms. The maximum Gasteiger partial charge on any atom is 0.417 e. The van der Waals surface area contributed by atoms with E-state index in [1.807, 2.05) is 31.2 Å². The Kier molecular flexibility index (Phi) is 9.70. The number of carbonyl (C=O) groups is 2. The molecule has 3 rings (SSSR count). The van der Waals surface area contributed by atoms with Gasteiger partial charge in [-0.15, -0.1) is 0 Å². The van der Waals surface area contributed by atoms with Crippen LogP contribution >= 0.6 is 0 Å². The van der Waals surface area contributed by atoms with Crippen molar-refractivity contribution in [1.29, 1.82) is 0 Å². The summed E-state index contributed by atoms with van der Waals surface area (Å²) >= 11 is 0. The van der Waals surface area contributed by atoms with Crippen molar-refractivity contribution in [2.24, 2.45) is 5.92 Å². The quantitative estimate of drug-likeness (QED) is 0.323. The molecule has 0 spiro atoms. The minimum absolute atomic E-state index is 0.210. The molecule has 0 bridgehead atoms. The number of aliphatic hydroxyl groups excluding tert-OH is 1. The summed E-state index contributed by atoms with van der Waals surface area (Å²) in [5.41, 5.74) is 1.57. The maximum atomic E-state index is 13.2. The summed E-state index contributed by atoms with van der Waals surface area (Å²) in [6.45, 7) is 3.58. The highest BCUT2D eigenvalue weighted by Gasteiger charge is 2.36. The first-order valence-electron chi connectivity index (χ1n) is 12.0. The van der Waals surface area contributed by atoms with E-state index in [2.05, 4.69) is 4.98 Å². The van der Waals surface area contributed by atoms with Crippen LogP contribution in [0.25, 0.3) is 0 Å². The number of carbonyl (C=O) groups excluding carboxylic acids is 2. The molecule has 2 aromatic rings. The second-order valence-corrected chi connectivity index (χ2v) is 8.71. The van der Waals surface area contributed by atoms with Crippen LogP contribution in [0.4, 0.5) is 19.0 Å². The smallest absolute Gasteiger partial charge is 0.417 e. The lowest BCUT2D eigenvalue weighted by Gasteiger charge is -2.37. The molecule has 2 heterocycles. The number of piperazine rings is 1. The number of hydrogen-bond donors (Lipinski definition) is 3. The van der Waals surface area contributed by atoms with E-state index in [4.69, 9.17) is 9.94 Å². The van der Waals surface area contributed by atoms with Crippen LogP contribution < -0.4 is 15.1 Å². The average molecular weight is 525 g/mol. The Morgan fingerprint density at radius 1 is 1.11 bits per heavy atom. The fourth-order valence-corrected chi connectivity index (χ4v) is 4.24. The number of rotatable bonds is 10. The average Bonchev–Trinajstić information content (AvgIpc) is 2.90. The van der Waals surface area contributed by atoms with Crippen molar-refractivity contribution >= 4 is 17.6 Å². The molecule has 1 fully saturated rings. The Bertz CT molecular complexity index is 1030. The van der Waals surface area contributed by atoms with Crippen molar-refractivity contribution in [3.63, 3.8) is 0 Å². The normalized spacial score (nSPS) is 15.7. The van der Waals surface area contributed by atoms with Gasteiger partial charge in [-0.1, -0.05) is 12.1 Å². The van der Waals surface area contributed by atoms with Gasteiger partial charge in [0.2, 0.25) is 5.91 Å². The largest absolute Gasteiger partial charge is 0.494 e. The van der Waals surface area contributed by atoms with Gasteiger partial charge in [0, 0.05) is 32.4 Å². The predicted molar refractivity (Wildman–Crippen MR) is 128 cm³/mol. The molecular formula is C25H31F3N4O5. The SMILES string of the molecule is CCOc1ccc(CCC[C@@H](C(=O)N2CCN(c3ccc(C(F)(F)F)cn3)CC2)[C@H](O)C(=O)NO)cc1. The van der Waals surface area contributed by atoms with Crippen LogP contribution in [-0.2, 0) is 22.2 Å². The number of aliphatic hydroxyl groups is 1. The first-order chi connectivity index (χ1) is 17.6. The van der Waals surface area contributed by atoms with E-state index in [9.17, 15) is 27.9 Å². The molecule has 202 valence electrons. The van der Waals surface area contributed by atoms with Gasteiger partial charge in [0.1, 0.15) is 17.7 Å². The molecular weight excluding hydrogens is 493 g/mol. The minimum atomic E-state index is -4.47. The molecule has 0 aliphatic carbocycles. The van der Waals surface area contributed by atoms with Crippen LogP contribution in [0.5, 0.6) is 5.75 Å². The number of halogens is 3. The van der Waals surface area contributed by atoms with Gasteiger partial charge in [0.05, 0.1) is 18.1 Å². The first-order valence-corrected chi connectivity index (χ1v) is 12.0. The van der Waals surface area contributed by atoms with E-state index in [0.29, 0.717) is 38.4 Å². The molecule has 2 amide bonds. The van der Waals surface area contributed by atoms with Gasteiger partial charge < -0.3 is 19.6 Å². The zero-order chi connectivity index (χ0) is 27.0. The molecule has 1 saturated heterocycles. The third kappa shape index (κ3) is 7.56. The lowest BCUT2D eigenvalue weighted by Crippen LogP contribution is -2.53. The van der Waals surface area contributed by atoms with Gasteiger partial charge in [0.25, 0.3) is 5.91 Å². The molecule has 37 heavy (non-hydrogen) atoms. The van der Waals surface area contributed by atoms with Gasteiger partial charge in [-0.25, -0.2) is 10.5 Å². The molecule has 0 radical (unpaired) electrons. The molecule has 0 unspecified atom stereocenters. The standard InChI is InChI=1S/C25H31F3N4O5/c1-2-37-19-9-6-17(7-10-19)4-3-5-20(22(33)23(34)30-36)24(35)32-14-12-31(13-15-32)21-11-8-18(16-29-21)25(26,27)28/h6-11,16,20,22,33,36H,2-5,12-15H2,1H3,(H,30,34)/t20-,22+/m1/s1. The van der Waals surface area contributed by atoms with E-state index in [1.165, 1.54) is 16.4 Å². The minimum Gasteiger partial charge on any atom is -0.494 e. The molecule has 1 aromatic heterocycles. The first kappa shape index (κ1) is 28.2. The summed E-state index contributed by atoms with van der Waals surface area (Å²) in [6.07, 6.45) is -4.10. The highest BCUT2D eigenvalue weighted by molar-refractivity contribution is 5.88. The lowest BCUT2D eigenvalue weighted by molar-refractivity contribution is -0.151. The van der Waals surface area contributed by atoms with E-state index >= 15 is 0 Å². The molecule has 9 nitrogen and oxygen atoms in total. The summed E-state index contributed by atoms with van der Waals surface area (Å²) in [5.74, 6) is -1.44. The van der Waals surface area contributed by atoms with Gasteiger partial charge in [0.15, 0.2) is 0 Å². The van der Waals surface area contributed by atoms with Crippen molar-refractivity contribution < 1.29 is 37.8 Å². The van der Waals surface area contributed by atoms with Crippen LogP contribution in [0, 0.1) is 5.92 Å². The number of hydrogen-bond acceptors (Lipinski definition) is 7. The molecule has 3 N–H and O–H groups in total. The number of ether oxygens (including phenoxy) is 1. The van der Waals surface area contributed by atoms with Crippen molar-refractivity contribution in [1.82, 2.24) is 15.4 Å². The number of nitrogens with zero attached hydrogens (tertiary/aromatic N) is 3. The summed E-state index contributed by atoms with van der Waals surface area (Å²) < 4.78 is 43.8. The highest BCUT2D eigenvalue weighted by Crippen LogP contribution is 2.29. The van der Waals surface area contributed by atoms with E-state index < -0.39 is 35.6 Å². The van der Waals surface area contributed by atoms with Crippen molar-refractivity contribution in [3.8, 4) is 5.75 Å². The van der Waals surface area contributed by atoms with Crippen LogP contribution in [0.2, 0.25) is 0 Å². The summed E-state index contributed by atoms with van der Waals surface area (Å²) in [5, 5.41) is 19.4. The zero-order valence-electron chi connectivity index (χ0n) is 20.4. The Morgan fingerprint density at radius 2 is 1.78 bits per heavy atom. The molecule has 1 aliphatic heterocycles. The van der Waals surface area contributed by atoms with Crippen molar-refractivity contribution in [3.05, 3.63) is 53.7 Å². The molecule has 0 saturated carbocycles. The number of nitrogens with one attached hydrogen (secondary N) is 1. The highest BCUT2D eigenvalue weighted by atomic mass is 19.4. The number of alkyl halides is 3. The number of pyridine rings is 1. The fourth-order valence-electron chi connectivity index (χ4n) is 4.24. The van der Waals surface area contributed by atoms with Gasteiger partial charge in [-0.2, -0.15) is 13.2 Å². The molecule has 2 atom stereocenters. The second-order valence-electron chi connectivity index (χ2n) is 8.71. The number of aromatic nitrogens is 1. The number of benzene rings is 1. The Balaban J connectivity index is 1.59. The zero-order valence-corrected chi connectivity index (χ0v) is 20.4. The predicted octanol–water partition coefficient (Wildman–Crippen LogP) is 2.65. The van der Waals surface area contributed by atoms with E-state index in [0.717, 1.165) is 23.6 Å². The Morgan fingerprint density at radius 3 is 2.32 bits per heavy atom. The lowest BCUT2D eigenvalue weighted by atomic mass is 9.92. The maximum absolute atomic E-state index is 13.2. The van der Waals surface area contributed by atoms with Gasteiger partial charge in [-0.05, 0) is 56.0 Å². The van der Waals surface area contributed by atoms with Crippen LogP contribution in [0.3, 0.4) is 0 Å². The van der Waals surface area contributed by atoms with Crippen LogP contribution in [0.1, 0.15) is 30.9 Å². The Labute approximate surface area is 212 Å². The van der Waals surface area contributed by atoms with Gasteiger partial charge in [-0.3, -0.25) is 14.8 Å². The van der Waals surface area contributed by atoms with Crippen molar-refractivity contribution in [2.45, 2.75) is 38.5 Å². The number of anilines is 1. The monoisotopic (exact) mass is 524 g/mol. The van der Waals surface area contributed by atoms with Crippen molar-refractivity contribution in [2.75, 3.05) is 37.7 Å². The third-order valence-electron chi connectivity index (χ3n) is 6.28. The summed E-state index contributed by atoms with van der Waals surface area (Å²) in [4.78, 5) is 32.3. The van der Waals surface area contributed by atoms with Crippen LogP contribution in [-0.4, -0.2) is 70.9 Å². The van der Waals surface area contributed by atoms with Gasteiger partial charge >= 0.3 is 6.18 Å². The second kappa shape index (κ2) is 12.7. The number of hydroxylamine groups is 1.